The van der Waals surface area contributed by atoms with Crippen molar-refractivity contribution in [3.8, 4) is 5.75 Å². The van der Waals surface area contributed by atoms with Crippen LogP contribution in [0.5, 0.6) is 5.75 Å². The topological polar surface area (TPSA) is 21.3 Å². The number of hydrogen-bond donors (Lipinski definition) is 1. The standard InChI is InChI=1S/C18H21NO/c1-13(2)15-9-8-14-10-11-18(20-17(14)12-15)19-16-6-4-3-5-7-16/h3-9,12-13,18-19H,10-11H2,1-2H3. The molecule has 0 aromatic heterocycles. The number of anilines is 1. The Morgan fingerprint density at radius 2 is 1.90 bits per heavy atom. The first kappa shape index (κ1) is 13.0. The van der Waals surface area contributed by atoms with Crippen LogP contribution in [0.2, 0.25) is 0 Å². The minimum Gasteiger partial charge on any atom is -0.470 e. The molecule has 0 saturated carbocycles. The zero-order chi connectivity index (χ0) is 13.9. The Kier molecular flexibility index (Phi) is 3.64. The zero-order valence-electron chi connectivity index (χ0n) is 12.1. The van der Waals surface area contributed by atoms with Gasteiger partial charge in [-0.05, 0) is 41.7 Å². The molecule has 1 aliphatic rings. The van der Waals surface area contributed by atoms with Crippen LogP contribution >= 0.6 is 0 Å². The van der Waals surface area contributed by atoms with Crippen LogP contribution < -0.4 is 10.1 Å². The van der Waals surface area contributed by atoms with Gasteiger partial charge in [0.05, 0.1) is 0 Å². The van der Waals surface area contributed by atoms with Crippen LogP contribution in [0.4, 0.5) is 5.69 Å². The molecule has 1 unspecified atom stereocenters. The highest BCUT2D eigenvalue weighted by Crippen LogP contribution is 2.31. The molecule has 0 amide bonds. The molecular formula is C18H21NO. The summed E-state index contributed by atoms with van der Waals surface area (Å²) in [5.41, 5.74) is 3.77. The van der Waals surface area contributed by atoms with Crippen molar-refractivity contribution in [1.29, 1.82) is 0 Å². The normalized spacial score (nSPS) is 17.4. The Labute approximate surface area is 120 Å². The summed E-state index contributed by atoms with van der Waals surface area (Å²) in [4.78, 5) is 0. The molecule has 0 radical (unpaired) electrons. The van der Waals surface area contributed by atoms with Crippen molar-refractivity contribution < 1.29 is 4.74 Å². The Hall–Kier alpha value is -1.96. The first-order valence-corrected chi connectivity index (χ1v) is 7.33. The number of para-hydroxylation sites is 1. The van der Waals surface area contributed by atoms with Crippen LogP contribution in [0.1, 0.15) is 37.3 Å². The third-order valence-corrected chi connectivity index (χ3v) is 3.80. The molecule has 2 aromatic carbocycles. The second-order valence-corrected chi connectivity index (χ2v) is 5.68. The monoisotopic (exact) mass is 267 g/mol. The maximum absolute atomic E-state index is 6.12. The minimum atomic E-state index is 0.0623. The van der Waals surface area contributed by atoms with Crippen LogP contribution in [0.15, 0.2) is 48.5 Å². The third-order valence-electron chi connectivity index (χ3n) is 3.80. The number of benzene rings is 2. The van der Waals surface area contributed by atoms with Crippen LogP contribution in [0.3, 0.4) is 0 Å². The third kappa shape index (κ3) is 2.79. The average Bonchev–Trinajstić information content (AvgIpc) is 2.47. The molecule has 1 heterocycles. The molecule has 2 aromatic rings. The summed E-state index contributed by atoms with van der Waals surface area (Å²) in [6.07, 6.45) is 2.13. The van der Waals surface area contributed by atoms with Crippen LogP contribution in [-0.2, 0) is 6.42 Å². The zero-order valence-corrected chi connectivity index (χ0v) is 12.1. The fourth-order valence-corrected chi connectivity index (χ4v) is 2.57. The van der Waals surface area contributed by atoms with E-state index in [1.54, 1.807) is 0 Å². The van der Waals surface area contributed by atoms with Gasteiger partial charge in [0.25, 0.3) is 0 Å². The number of ether oxygens (including phenoxy) is 1. The van der Waals surface area contributed by atoms with E-state index in [9.17, 15) is 0 Å². The molecule has 0 spiro atoms. The Bertz CT molecular complexity index is 577. The van der Waals surface area contributed by atoms with E-state index in [-0.39, 0.29) is 6.23 Å². The van der Waals surface area contributed by atoms with Gasteiger partial charge in [0.15, 0.2) is 6.23 Å². The maximum Gasteiger partial charge on any atom is 0.170 e. The molecule has 0 fully saturated rings. The van der Waals surface area contributed by atoms with Crippen molar-refractivity contribution in [3.63, 3.8) is 0 Å². The van der Waals surface area contributed by atoms with E-state index in [0.717, 1.165) is 24.3 Å². The molecule has 0 saturated heterocycles. The molecule has 0 aliphatic carbocycles. The van der Waals surface area contributed by atoms with Crippen molar-refractivity contribution in [1.82, 2.24) is 0 Å². The van der Waals surface area contributed by atoms with Crippen molar-refractivity contribution in [2.24, 2.45) is 0 Å². The molecule has 2 nitrogen and oxygen atoms in total. The van der Waals surface area contributed by atoms with Crippen molar-refractivity contribution in [2.75, 3.05) is 5.32 Å². The number of hydrogen-bond acceptors (Lipinski definition) is 2. The predicted molar refractivity (Wildman–Crippen MR) is 83.3 cm³/mol. The molecule has 1 aliphatic heterocycles. The quantitative estimate of drug-likeness (QED) is 0.879. The van der Waals surface area contributed by atoms with Crippen molar-refractivity contribution in [3.05, 3.63) is 59.7 Å². The van der Waals surface area contributed by atoms with Crippen molar-refractivity contribution >= 4 is 5.69 Å². The minimum absolute atomic E-state index is 0.0623. The average molecular weight is 267 g/mol. The molecular weight excluding hydrogens is 246 g/mol. The highest BCUT2D eigenvalue weighted by atomic mass is 16.5. The highest BCUT2D eigenvalue weighted by Gasteiger charge is 2.20. The summed E-state index contributed by atoms with van der Waals surface area (Å²) >= 11 is 0. The van der Waals surface area contributed by atoms with Gasteiger partial charge in [-0.1, -0.05) is 44.2 Å². The van der Waals surface area contributed by atoms with Crippen LogP contribution in [0.25, 0.3) is 0 Å². The van der Waals surface area contributed by atoms with Gasteiger partial charge in [0.1, 0.15) is 5.75 Å². The van der Waals surface area contributed by atoms with Gasteiger partial charge in [-0.2, -0.15) is 0 Å². The van der Waals surface area contributed by atoms with Crippen LogP contribution in [0, 0.1) is 0 Å². The summed E-state index contributed by atoms with van der Waals surface area (Å²) in [5.74, 6) is 1.57. The second-order valence-electron chi connectivity index (χ2n) is 5.68. The lowest BCUT2D eigenvalue weighted by Crippen LogP contribution is -2.30. The van der Waals surface area contributed by atoms with Gasteiger partial charge in [0.2, 0.25) is 0 Å². The first-order chi connectivity index (χ1) is 9.72. The largest absolute Gasteiger partial charge is 0.470 e. The molecule has 104 valence electrons. The molecule has 1 N–H and O–H groups in total. The van der Waals surface area contributed by atoms with Gasteiger partial charge in [-0.15, -0.1) is 0 Å². The Morgan fingerprint density at radius 3 is 2.65 bits per heavy atom. The van der Waals surface area contributed by atoms with E-state index in [4.69, 9.17) is 4.74 Å². The summed E-state index contributed by atoms with van der Waals surface area (Å²) in [5, 5.41) is 3.45. The predicted octanol–water partition coefficient (Wildman–Crippen LogP) is 4.57. The lowest BCUT2D eigenvalue weighted by atomic mass is 9.97. The lowest BCUT2D eigenvalue weighted by Gasteiger charge is -2.28. The van der Waals surface area contributed by atoms with E-state index in [1.165, 1.54) is 11.1 Å². The van der Waals surface area contributed by atoms with E-state index in [2.05, 4.69) is 49.5 Å². The number of rotatable bonds is 3. The lowest BCUT2D eigenvalue weighted by molar-refractivity contribution is 0.200. The van der Waals surface area contributed by atoms with Gasteiger partial charge in [0, 0.05) is 12.1 Å². The van der Waals surface area contributed by atoms with Crippen molar-refractivity contribution in [2.45, 2.75) is 38.8 Å². The summed E-state index contributed by atoms with van der Waals surface area (Å²) in [7, 11) is 0. The highest BCUT2D eigenvalue weighted by molar-refractivity contribution is 5.45. The van der Waals surface area contributed by atoms with E-state index < -0.39 is 0 Å². The van der Waals surface area contributed by atoms with E-state index in [0.29, 0.717) is 5.92 Å². The Morgan fingerprint density at radius 1 is 1.10 bits per heavy atom. The molecule has 0 bridgehead atoms. The molecule has 1 atom stereocenters. The fraction of sp³-hybridized carbons (Fsp3) is 0.333. The smallest absolute Gasteiger partial charge is 0.170 e. The first-order valence-electron chi connectivity index (χ1n) is 7.33. The van der Waals surface area contributed by atoms with Crippen LogP contribution in [-0.4, -0.2) is 6.23 Å². The maximum atomic E-state index is 6.12. The number of aryl methyl sites for hydroxylation is 1. The summed E-state index contributed by atoms with van der Waals surface area (Å²) in [6.45, 7) is 4.43. The number of fused-ring (bicyclic) bond motifs is 1. The van der Waals surface area contributed by atoms with Gasteiger partial charge >= 0.3 is 0 Å². The van der Waals surface area contributed by atoms with E-state index in [1.807, 2.05) is 18.2 Å². The molecule has 3 rings (SSSR count). The second kappa shape index (κ2) is 5.58. The summed E-state index contributed by atoms with van der Waals surface area (Å²) in [6, 6.07) is 16.9. The van der Waals surface area contributed by atoms with Gasteiger partial charge in [-0.25, -0.2) is 0 Å². The Balaban J connectivity index is 1.75. The molecule has 20 heavy (non-hydrogen) atoms. The fourth-order valence-electron chi connectivity index (χ4n) is 2.57. The van der Waals surface area contributed by atoms with Gasteiger partial charge < -0.3 is 10.1 Å². The number of nitrogens with one attached hydrogen (secondary N) is 1. The SMILES string of the molecule is CC(C)c1ccc2c(c1)OC(Nc1ccccc1)CC2. The molecule has 2 heteroatoms. The van der Waals surface area contributed by atoms with E-state index >= 15 is 0 Å². The van der Waals surface area contributed by atoms with Gasteiger partial charge in [-0.3, -0.25) is 0 Å². The summed E-state index contributed by atoms with van der Waals surface area (Å²) < 4.78 is 6.12.